The summed E-state index contributed by atoms with van der Waals surface area (Å²) >= 11 is 12.1. The number of amides is 1. The second-order valence-electron chi connectivity index (χ2n) is 6.25. The number of anilines is 1. The molecule has 146 valence electrons. The summed E-state index contributed by atoms with van der Waals surface area (Å²) in [7, 11) is -3.75. The van der Waals surface area contributed by atoms with E-state index in [4.69, 9.17) is 23.2 Å². The van der Waals surface area contributed by atoms with Gasteiger partial charge < -0.3 is 5.32 Å². The minimum absolute atomic E-state index is 0.254. The van der Waals surface area contributed by atoms with Crippen molar-refractivity contribution in [2.24, 2.45) is 0 Å². The van der Waals surface area contributed by atoms with Crippen LogP contribution in [0.3, 0.4) is 0 Å². The third kappa shape index (κ3) is 5.61. The SMILES string of the molecule is CC[C@H](C(=O)N[C@H](C)c1ccccc1)N(c1cc(Cl)cc(Cl)c1)S(C)(=O)=O. The third-order valence-corrected chi connectivity index (χ3v) is 5.71. The van der Waals surface area contributed by atoms with Crippen LogP contribution in [0.15, 0.2) is 48.5 Å². The molecule has 0 bridgehead atoms. The number of halogens is 2. The monoisotopic (exact) mass is 428 g/mol. The largest absolute Gasteiger partial charge is 0.348 e. The van der Waals surface area contributed by atoms with Crippen molar-refractivity contribution >= 4 is 44.8 Å². The second-order valence-corrected chi connectivity index (χ2v) is 8.98. The van der Waals surface area contributed by atoms with Crippen molar-refractivity contribution in [3.63, 3.8) is 0 Å². The van der Waals surface area contributed by atoms with Crippen molar-refractivity contribution in [3.05, 3.63) is 64.1 Å². The first kappa shape index (κ1) is 21.5. The van der Waals surface area contributed by atoms with E-state index < -0.39 is 22.0 Å². The maximum atomic E-state index is 12.9. The molecule has 0 radical (unpaired) electrons. The van der Waals surface area contributed by atoms with Gasteiger partial charge in [-0.2, -0.15) is 0 Å². The van der Waals surface area contributed by atoms with Gasteiger partial charge in [-0.15, -0.1) is 0 Å². The van der Waals surface area contributed by atoms with Crippen LogP contribution >= 0.6 is 23.2 Å². The molecule has 8 heteroatoms. The van der Waals surface area contributed by atoms with Gasteiger partial charge in [-0.3, -0.25) is 9.10 Å². The molecule has 2 aromatic carbocycles. The van der Waals surface area contributed by atoms with E-state index >= 15 is 0 Å². The van der Waals surface area contributed by atoms with Gasteiger partial charge in [0.1, 0.15) is 6.04 Å². The molecule has 0 heterocycles. The van der Waals surface area contributed by atoms with Gasteiger partial charge in [0.25, 0.3) is 0 Å². The zero-order valence-corrected chi connectivity index (χ0v) is 17.6. The molecule has 0 spiro atoms. The van der Waals surface area contributed by atoms with Crippen molar-refractivity contribution in [1.29, 1.82) is 0 Å². The lowest BCUT2D eigenvalue weighted by molar-refractivity contribution is -0.122. The van der Waals surface area contributed by atoms with Gasteiger partial charge in [-0.05, 0) is 37.1 Å². The molecular weight excluding hydrogens is 407 g/mol. The molecule has 0 unspecified atom stereocenters. The molecule has 27 heavy (non-hydrogen) atoms. The summed E-state index contributed by atoms with van der Waals surface area (Å²) in [4.78, 5) is 12.9. The van der Waals surface area contributed by atoms with Crippen molar-refractivity contribution in [3.8, 4) is 0 Å². The smallest absolute Gasteiger partial charge is 0.244 e. The first-order valence-corrected chi connectivity index (χ1v) is 11.0. The molecule has 0 aliphatic rings. The highest BCUT2D eigenvalue weighted by Gasteiger charge is 2.32. The van der Waals surface area contributed by atoms with Gasteiger partial charge in [-0.25, -0.2) is 8.42 Å². The van der Waals surface area contributed by atoms with E-state index in [1.54, 1.807) is 6.92 Å². The molecule has 5 nitrogen and oxygen atoms in total. The fraction of sp³-hybridized carbons (Fsp3) is 0.316. The van der Waals surface area contributed by atoms with Crippen molar-refractivity contribution in [2.75, 3.05) is 10.6 Å². The second kappa shape index (κ2) is 8.95. The minimum Gasteiger partial charge on any atom is -0.348 e. The maximum Gasteiger partial charge on any atom is 0.244 e. The summed E-state index contributed by atoms with van der Waals surface area (Å²) in [6, 6.07) is 12.7. The van der Waals surface area contributed by atoms with E-state index in [9.17, 15) is 13.2 Å². The Balaban J connectivity index is 2.36. The molecule has 0 fully saturated rings. The normalized spacial score (nSPS) is 13.7. The van der Waals surface area contributed by atoms with Crippen molar-refractivity contribution in [2.45, 2.75) is 32.4 Å². The van der Waals surface area contributed by atoms with E-state index in [0.717, 1.165) is 16.1 Å². The van der Waals surface area contributed by atoms with Crippen LogP contribution in [0.4, 0.5) is 5.69 Å². The molecule has 0 aliphatic heterocycles. The Hall–Kier alpha value is -1.76. The first-order valence-electron chi connectivity index (χ1n) is 8.44. The van der Waals surface area contributed by atoms with E-state index in [-0.39, 0.29) is 18.2 Å². The zero-order chi connectivity index (χ0) is 20.2. The van der Waals surface area contributed by atoms with Crippen molar-refractivity contribution in [1.82, 2.24) is 5.32 Å². The number of carbonyl (C=O) groups excluding carboxylic acids is 1. The molecule has 2 aromatic rings. The Morgan fingerprint density at radius 3 is 2.15 bits per heavy atom. The Morgan fingerprint density at radius 2 is 1.67 bits per heavy atom. The summed E-state index contributed by atoms with van der Waals surface area (Å²) in [5, 5.41) is 3.47. The van der Waals surface area contributed by atoms with E-state index in [1.165, 1.54) is 18.2 Å². The van der Waals surface area contributed by atoms with Crippen LogP contribution in [-0.2, 0) is 14.8 Å². The Kier molecular flexibility index (Phi) is 7.14. The number of nitrogens with zero attached hydrogens (tertiary/aromatic N) is 1. The fourth-order valence-electron chi connectivity index (χ4n) is 2.86. The first-order chi connectivity index (χ1) is 12.6. The van der Waals surface area contributed by atoms with E-state index in [1.807, 2.05) is 37.3 Å². The van der Waals surface area contributed by atoms with Crippen LogP contribution < -0.4 is 9.62 Å². The third-order valence-electron chi connectivity index (χ3n) is 4.09. The maximum absolute atomic E-state index is 12.9. The lowest BCUT2D eigenvalue weighted by Gasteiger charge is -2.31. The molecule has 1 amide bonds. The molecule has 0 aromatic heterocycles. The summed E-state index contributed by atoms with van der Waals surface area (Å²) in [6.07, 6.45) is 1.34. The van der Waals surface area contributed by atoms with Crippen LogP contribution in [0.5, 0.6) is 0 Å². The zero-order valence-electron chi connectivity index (χ0n) is 15.3. The minimum atomic E-state index is -3.75. The van der Waals surface area contributed by atoms with Crippen LogP contribution in [0.25, 0.3) is 0 Å². The Labute approximate surface area is 170 Å². The number of carbonyl (C=O) groups is 1. The van der Waals surface area contributed by atoms with E-state index in [2.05, 4.69) is 5.32 Å². The highest BCUT2D eigenvalue weighted by molar-refractivity contribution is 7.92. The molecule has 0 aliphatic carbocycles. The number of hydrogen-bond donors (Lipinski definition) is 1. The lowest BCUT2D eigenvalue weighted by atomic mass is 10.1. The van der Waals surface area contributed by atoms with Crippen LogP contribution in [0, 0.1) is 0 Å². The molecule has 2 atom stereocenters. The molecule has 0 saturated heterocycles. The quantitative estimate of drug-likeness (QED) is 0.709. The Bertz CT molecular complexity index is 884. The van der Waals surface area contributed by atoms with Gasteiger partial charge in [0, 0.05) is 10.0 Å². The van der Waals surface area contributed by atoms with Crippen molar-refractivity contribution < 1.29 is 13.2 Å². The standard InChI is InChI=1S/C19H22Cl2N2O3S/c1-4-18(19(24)22-13(2)14-8-6-5-7-9-14)23(27(3,25)26)17-11-15(20)10-16(21)12-17/h5-13,18H,4H2,1-3H3,(H,22,24)/t13-,18-/m1/s1. The summed E-state index contributed by atoms with van der Waals surface area (Å²) < 4.78 is 26.0. The van der Waals surface area contributed by atoms with Gasteiger partial charge in [0.2, 0.25) is 15.9 Å². The van der Waals surface area contributed by atoms with Crippen LogP contribution in [-0.4, -0.2) is 26.6 Å². The highest BCUT2D eigenvalue weighted by atomic mass is 35.5. The number of hydrogen-bond acceptors (Lipinski definition) is 3. The average molecular weight is 429 g/mol. The average Bonchev–Trinajstić information content (AvgIpc) is 2.58. The Morgan fingerprint density at radius 1 is 1.11 bits per heavy atom. The van der Waals surface area contributed by atoms with Crippen LogP contribution in [0.2, 0.25) is 10.0 Å². The van der Waals surface area contributed by atoms with Gasteiger partial charge >= 0.3 is 0 Å². The number of nitrogens with one attached hydrogen (secondary N) is 1. The molecule has 2 rings (SSSR count). The van der Waals surface area contributed by atoms with Gasteiger partial charge in [-0.1, -0.05) is 60.5 Å². The van der Waals surface area contributed by atoms with Gasteiger partial charge in [0.05, 0.1) is 18.0 Å². The summed E-state index contributed by atoms with van der Waals surface area (Å²) in [5.41, 5.74) is 1.18. The predicted molar refractivity (Wildman–Crippen MR) is 111 cm³/mol. The lowest BCUT2D eigenvalue weighted by Crippen LogP contribution is -2.49. The molecule has 1 N–H and O–H groups in total. The summed E-state index contributed by atoms with van der Waals surface area (Å²) in [6.45, 7) is 3.60. The number of rotatable bonds is 7. The molecule has 0 saturated carbocycles. The fourth-order valence-corrected chi connectivity index (χ4v) is 4.57. The molecular formula is C19H22Cl2N2O3S. The number of sulfonamides is 1. The van der Waals surface area contributed by atoms with Crippen LogP contribution in [0.1, 0.15) is 31.9 Å². The number of benzene rings is 2. The topological polar surface area (TPSA) is 66.5 Å². The van der Waals surface area contributed by atoms with Gasteiger partial charge in [0.15, 0.2) is 0 Å². The highest BCUT2D eigenvalue weighted by Crippen LogP contribution is 2.29. The predicted octanol–water partition coefficient (Wildman–Crippen LogP) is 4.42. The van der Waals surface area contributed by atoms with E-state index in [0.29, 0.717) is 10.0 Å². The summed E-state index contributed by atoms with van der Waals surface area (Å²) in [5.74, 6) is -0.393.